The van der Waals surface area contributed by atoms with Crippen molar-refractivity contribution in [2.24, 2.45) is 0 Å². The summed E-state index contributed by atoms with van der Waals surface area (Å²) in [7, 11) is 0. The highest BCUT2D eigenvalue weighted by molar-refractivity contribution is 5.77. The van der Waals surface area contributed by atoms with Crippen LogP contribution in [0.2, 0.25) is 0 Å². The van der Waals surface area contributed by atoms with Gasteiger partial charge in [-0.25, -0.2) is 4.98 Å². The van der Waals surface area contributed by atoms with Gasteiger partial charge in [0.25, 0.3) is 0 Å². The summed E-state index contributed by atoms with van der Waals surface area (Å²) in [5, 5.41) is 0. The summed E-state index contributed by atoms with van der Waals surface area (Å²) in [6.07, 6.45) is -1.08. The van der Waals surface area contributed by atoms with E-state index in [-0.39, 0.29) is 6.04 Å². The number of hydrogen-bond acceptors (Lipinski definition) is 4. The lowest BCUT2D eigenvalue weighted by Gasteiger charge is -2.40. The van der Waals surface area contributed by atoms with Gasteiger partial charge >= 0.3 is 6.18 Å². The lowest BCUT2D eigenvalue weighted by molar-refractivity contribution is -0.178. The molecule has 2 rings (SSSR count). The lowest BCUT2D eigenvalue weighted by Crippen LogP contribution is -2.51. The normalized spacial score (nSPS) is 20.4. The third-order valence-electron chi connectivity index (χ3n) is 3.58. The van der Waals surface area contributed by atoms with Crippen LogP contribution in [0, 0.1) is 0 Å². The fraction of sp³-hybridized carbons (Fsp3) is 0.692. The summed E-state index contributed by atoms with van der Waals surface area (Å²) >= 11 is 0. The molecule has 1 aliphatic rings. The van der Waals surface area contributed by atoms with Gasteiger partial charge in [-0.15, -0.1) is 0 Å². The molecule has 0 saturated carbocycles. The molecule has 6 nitrogen and oxygen atoms in total. The van der Waals surface area contributed by atoms with Crippen molar-refractivity contribution in [3.8, 4) is 0 Å². The molecule has 1 amide bonds. The average Bonchev–Trinajstić information content (AvgIpc) is 2.99. The van der Waals surface area contributed by atoms with Crippen LogP contribution in [0.5, 0.6) is 0 Å². The van der Waals surface area contributed by atoms with Crippen molar-refractivity contribution in [1.82, 2.24) is 19.8 Å². The number of H-pyrrole nitrogens is 1. The zero-order valence-electron chi connectivity index (χ0n) is 12.3. The number of amides is 1. The van der Waals surface area contributed by atoms with Gasteiger partial charge in [0.05, 0.1) is 6.04 Å². The van der Waals surface area contributed by atoms with Crippen LogP contribution in [0.1, 0.15) is 18.8 Å². The predicted molar refractivity (Wildman–Crippen MR) is 72.0 cm³/mol. The number of carbonyl (C=O) groups is 1. The van der Waals surface area contributed by atoms with Crippen LogP contribution < -0.4 is 0 Å². The molecule has 0 unspecified atom stereocenters. The zero-order chi connectivity index (χ0) is 16.2. The molecule has 2 heterocycles. The highest BCUT2D eigenvalue weighted by atomic mass is 19.4. The number of carbonyl (C=O) groups excluding carboxylic acids is 1. The van der Waals surface area contributed by atoms with Crippen molar-refractivity contribution < 1.29 is 22.7 Å². The number of imidazole rings is 1. The second kappa shape index (κ2) is 7.10. The number of rotatable bonds is 5. The van der Waals surface area contributed by atoms with Crippen molar-refractivity contribution in [1.29, 1.82) is 0 Å². The monoisotopic (exact) mass is 320 g/mol. The number of aromatic nitrogens is 2. The van der Waals surface area contributed by atoms with Crippen molar-refractivity contribution in [3.63, 3.8) is 0 Å². The Hall–Kier alpha value is -1.61. The number of halogens is 3. The highest BCUT2D eigenvalue weighted by Crippen LogP contribution is 2.22. The number of alkyl halides is 3. The van der Waals surface area contributed by atoms with Crippen LogP contribution in [0.3, 0.4) is 0 Å². The van der Waals surface area contributed by atoms with E-state index in [4.69, 9.17) is 0 Å². The summed E-state index contributed by atoms with van der Waals surface area (Å²) < 4.78 is 40.5. The first-order valence-electron chi connectivity index (χ1n) is 7.06. The van der Waals surface area contributed by atoms with Gasteiger partial charge in [-0.2, -0.15) is 13.2 Å². The quantitative estimate of drug-likeness (QED) is 0.885. The maximum Gasteiger partial charge on any atom is 0.411 e. The second-order valence-corrected chi connectivity index (χ2v) is 5.07. The maximum absolute atomic E-state index is 12.0. The summed E-state index contributed by atoms with van der Waals surface area (Å²) in [6.45, 7) is 2.35. The van der Waals surface area contributed by atoms with Gasteiger partial charge in [0.2, 0.25) is 5.91 Å². The Balaban J connectivity index is 1.91. The molecule has 9 heteroatoms. The number of hydrogen-bond donors (Lipinski definition) is 1. The van der Waals surface area contributed by atoms with E-state index in [2.05, 4.69) is 19.6 Å². The van der Waals surface area contributed by atoms with Crippen molar-refractivity contribution in [3.05, 3.63) is 18.2 Å². The summed E-state index contributed by atoms with van der Waals surface area (Å²) in [5.74, 6) is 0.312. The summed E-state index contributed by atoms with van der Waals surface area (Å²) in [4.78, 5) is 22.9. The van der Waals surface area contributed by atoms with Gasteiger partial charge in [-0.05, 0) is 6.54 Å². The maximum atomic E-state index is 12.0. The predicted octanol–water partition coefficient (Wildman–Crippen LogP) is 1.19. The van der Waals surface area contributed by atoms with Crippen molar-refractivity contribution in [2.75, 3.05) is 39.4 Å². The van der Waals surface area contributed by atoms with Crippen molar-refractivity contribution in [2.45, 2.75) is 19.1 Å². The van der Waals surface area contributed by atoms with E-state index in [1.807, 2.05) is 6.92 Å². The fourth-order valence-electron chi connectivity index (χ4n) is 2.49. The molecule has 1 aromatic rings. The van der Waals surface area contributed by atoms with Crippen LogP contribution in [0.4, 0.5) is 13.2 Å². The van der Waals surface area contributed by atoms with Crippen molar-refractivity contribution >= 4 is 5.91 Å². The van der Waals surface area contributed by atoms with Gasteiger partial charge in [0.15, 0.2) is 0 Å². The van der Waals surface area contributed by atoms with E-state index in [9.17, 15) is 18.0 Å². The highest BCUT2D eigenvalue weighted by Gasteiger charge is 2.32. The minimum atomic E-state index is -4.42. The number of nitrogens with zero attached hydrogens (tertiary/aromatic N) is 3. The van der Waals surface area contributed by atoms with E-state index in [1.54, 1.807) is 12.4 Å². The van der Waals surface area contributed by atoms with E-state index in [0.29, 0.717) is 19.6 Å². The molecule has 1 fully saturated rings. The Bertz CT molecular complexity index is 478. The first-order chi connectivity index (χ1) is 10.4. The standard InChI is InChI=1S/C13H19F3N4O2/c1-2-19-5-6-20(7-10(19)12-17-3-4-18-12)11(21)8-22-9-13(14,15)16/h3-4,10H,2,5-9H2,1H3,(H,17,18)/t10-/m1/s1. The molecule has 1 saturated heterocycles. The van der Waals surface area contributed by atoms with Gasteiger partial charge < -0.3 is 14.6 Å². The van der Waals surface area contributed by atoms with E-state index in [1.165, 1.54) is 4.90 Å². The largest absolute Gasteiger partial charge is 0.411 e. The molecule has 0 bridgehead atoms. The molecule has 1 N–H and O–H groups in total. The van der Waals surface area contributed by atoms with Gasteiger partial charge in [-0.3, -0.25) is 9.69 Å². The Morgan fingerprint density at radius 1 is 1.50 bits per heavy atom. The average molecular weight is 320 g/mol. The molecule has 1 aliphatic heterocycles. The minimum Gasteiger partial charge on any atom is -0.362 e. The van der Waals surface area contributed by atoms with Gasteiger partial charge in [0, 0.05) is 32.0 Å². The Morgan fingerprint density at radius 3 is 2.86 bits per heavy atom. The molecule has 1 atom stereocenters. The molecule has 22 heavy (non-hydrogen) atoms. The Kier molecular flexibility index (Phi) is 5.41. The molecule has 1 aromatic heterocycles. The third-order valence-corrected chi connectivity index (χ3v) is 3.58. The molecule has 124 valence electrons. The second-order valence-electron chi connectivity index (χ2n) is 5.07. The number of likely N-dealkylation sites (N-methyl/N-ethyl adjacent to an activating group) is 1. The number of piperazine rings is 1. The topological polar surface area (TPSA) is 61.5 Å². The SMILES string of the molecule is CCN1CCN(C(=O)COCC(F)(F)F)C[C@@H]1c1ncc[nH]1. The number of nitrogens with one attached hydrogen (secondary N) is 1. The van der Waals surface area contributed by atoms with E-state index in [0.717, 1.165) is 12.4 Å². The molecule has 0 aromatic carbocycles. The van der Waals surface area contributed by atoms with Gasteiger partial charge in [0.1, 0.15) is 19.0 Å². The van der Waals surface area contributed by atoms with Crippen LogP contribution >= 0.6 is 0 Å². The molecule has 0 aliphatic carbocycles. The first-order valence-corrected chi connectivity index (χ1v) is 7.06. The molecule has 0 spiro atoms. The van der Waals surface area contributed by atoms with E-state index < -0.39 is 25.3 Å². The number of aromatic amines is 1. The van der Waals surface area contributed by atoms with Crippen LogP contribution in [0.25, 0.3) is 0 Å². The molecular weight excluding hydrogens is 301 g/mol. The summed E-state index contributed by atoms with van der Waals surface area (Å²) in [6, 6.07) is -0.0830. The van der Waals surface area contributed by atoms with E-state index >= 15 is 0 Å². The zero-order valence-corrected chi connectivity index (χ0v) is 12.3. The molecule has 0 radical (unpaired) electrons. The Labute approximate surface area is 126 Å². The third kappa shape index (κ3) is 4.44. The fourth-order valence-corrected chi connectivity index (χ4v) is 2.49. The lowest BCUT2D eigenvalue weighted by atomic mass is 10.1. The molecular formula is C13H19F3N4O2. The van der Waals surface area contributed by atoms with Crippen LogP contribution in [-0.2, 0) is 9.53 Å². The number of ether oxygens (including phenoxy) is 1. The van der Waals surface area contributed by atoms with Crippen LogP contribution in [0.15, 0.2) is 12.4 Å². The van der Waals surface area contributed by atoms with Crippen LogP contribution in [-0.4, -0.2) is 71.2 Å². The first kappa shape index (κ1) is 16.8. The minimum absolute atomic E-state index is 0.0830. The smallest absolute Gasteiger partial charge is 0.362 e. The van der Waals surface area contributed by atoms with Gasteiger partial charge in [-0.1, -0.05) is 6.92 Å². The summed E-state index contributed by atoms with van der Waals surface area (Å²) in [5.41, 5.74) is 0. The Morgan fingerprint density at radius 2 is 2.27 bits per heavy atom.